The van der Waals surface area contributed by atoms with E-state index in [2.05, 4.69) is 34.3 Å². The second-order valence-electron chi connectivity index (χ2n) is 6.30. The zero-order chi connectivity index (χ0) is 18.4. The van der Waals surface area contributed by atoms with Crippen LogP contribution in [0.2, 0.25) is 0 Å². The minimum Gasteiger partial charge on any atom is -0.336 e. The predicted octanol–water partition coefficient (Wildman–Crippen LogP) is 3.50. The van der Waals surface area contributed by atoms with Crippen molar-refractivity contribution in [1.82, 2.24) is 20.1 Å². The summed E-state index contributed by atoms with van der Waals surface area (Å²) in [5.74, 6) is 0.592. The quantitative estimate of drug-likeness (QED) is 0.834. The Labute approximate surface area is 149 Å². The number of amides is 1. The van der Waals surface area contributed by atoms with E-state index in [1.807, 2.05) is 43.0 Å². The van der Waals surface area contributed by atoms with Gasteiger partial charge in [0.2, 0.25) is 11.9 Å². The first kappa shape index (κ1) is 18.8. The van der Waals surface area contributed by atoms with Gasteiger partial charge in [-0.3, -0.25) is 4.79 Å². The van der Waals surface area contributed by atoms with Crippen molar-refractivity contribution in [3.8, 4) is 0 Å². The van der Waals surface area contributed by atoms with Gasteiger partial charge in [0.15, 0.2) is 0 Å². The Hall–Kier alpha value is -2.50. The molecule has 6 heteroatoms. The molecule has 0 atom stereocenters. The SMILES string of the molecule is CCc1nnc(Nc2ccc(CN(C(C)=O)C(C)C)cc2)nc1CC. The van der Waals surface area contributed by atoms with Gasteiger partial charge >= 0.3 is 0 Å². The van der Waals surface area contributed by atoms with E-state index in [1.165, 1.54) is 0 Å². The van der Waals surface area contributed by atoms with Crippen molar-refractivity contribution in [2.45, 2.75) is 60.0 Å². The molecule has 0 aliphatic heterocycles. The molecule has 0 fully saturated rings. The van der Waals surface area contributed by atoms with Crippen molar-refractivity contribution in [3.05, 3.63) is 41.2 Å². The summed E-state index contributed by atoms with van der Waals surface area (Å²) in [5, 5.41) is 11.6. The second kappa shape index (κ2) is 8.55. The summed E-state index contributed by atoms with van der Waals surface area (Å²) >= 11 is 0. The van der Waals surface area contributed by atoms with Crippen LogP contribution < -0.4 is 5.32 Å². The molecule has 134 valence electrons. The Bertz CT molecular complexity index is 712. The maximum absolute atomic E-state index is 11.7. The highest BCUT2D eigenvalue weighted by atomic mass is 16.2. The zero-order valence-electron chi connectivity index (χ0n) is 15.7. The van der Waals surface area contributed by atoms with Crippen LogP contribution in [0.3, 0.4) is 0 Å². The Morgan fingerprint density at radius 3 is 2.24 bits per heavy atom. The van der Waals surface area contributed by atoms with E-state index < -0.39 is 0 Å². The van der Waals surface area contributed by atoms with E-state index in [-0.39, 0.29) is 11.9 Å². The topological polar surface area (TPSA) is 71.0 Å². The van der Waals surface area contributed by atoms with Gasteiger partial charge in [-0.2, -0.15) is 0 Å². The van der Waals surface area contributed by atoms with Gasteiger partial charge in [-0.25, -0.2) is 4.98 Å². The van der Waals surface area contributed by atoms with Crippen LogP contribution in [0, 0.1) is 0 Å². The zero-order valence-corrected chi connectivity index (χ0v) is 15.7. The molecular formula is C19H27N5O. The van der Waals surface area contributed by atoms with E-state index in [0.29, 0.717) is 12.5 Å². The summed E-state index contributed by atoms with van der Waals surface area (Å²) in [6.45, 7) is 10.4. The highest BCUT2D eigenvalue weighted by Crippen LogP contribution is 2.17. The van der Waals surface area contributed by atoms with Crippen molar-refractivity contribution in [3.63, 3.8) is 0 Å². The van der Waals surface area contributed by atoms with Gasteiger partial charge < -0.3 is 10.2 Å². The van der Waals surface area contributed by atoms with Crippen LogP contribution in [0.25, 0.3) is 0 Å². The molecule has 0 radical (unpaired) electrons. The molecule has 0 aliphatic carbocycles. The molecule has 1 heterocycles. The summed E-state index contributed by atoms with van der Waals surface area (Å²) in [5.41, 5.74) is 3.91. The Morgan fingerprint density at radius 2 is 1.72 bits per heavy atom. The van der Waals surface area contributed by atoms with E-state index in [4.69, 9.17) is 0 Å². The van der Waals surface area contributed by atoms with Gasteiger partial charge in [0.05, 0.1) is 11.4 Å². The monoisotopic (exact) mass is 341 g/mol. The number of anilines is 2. The molecule has 0 aliphatic rings. The van der Waals surface area contributed by atoms with Crippen LogP contribution in [0.5, 0.6) is 0 Å². The maximum Gasteiger partial charge on any atom is 0.247 e. The highest BCUT2D eigenvalue weighted by molar-refractivity contribution is 5.73. The van der Waals surface area contributed by atoms with Crippen molar-refractivity contribution < 1.29 is 4.79 Å². The summed E-state index contributed by atoms with van der Waals surface area (Å²) in [7, 11) is 0. The van der Waals surface area contributed by atoms with Gasteiger partial charge in [-0.05, 0) is 44.4 Å². The Balaban J connectivity index is 2.09. The molecule has 1 N–H and O–H groups in total. The number of hydrogen-bond donors (Lipinski definition) is 1. The van der Waals surface area contributed by atoms with E-state index in [0.717, 1.165) is 35.5 Å². The van der Waals surface area contributed by atoms with Gasteiger partial charge in [0.25, 0.3) is 0 Å². The fraction of sp³-hybridized carbons (Fsp3) is 0.474. The van der Waals surface area contributed by atoms with Crippen molar-refractivity contribution in [2.75, 3.05) is 5.32 Å². The number of aryl methyl sites for hydroxylation is 2. The lowest BCUT2D eigenvalue weighted by Gasteiger charge is -2.25. The normalized spacial score (nSPS) is 10.8. The van der Waals surface area contributed by atoms with Gasteiger partial charge in [-0.1, -0.05) is 26.0 Å². The first-order valence-corrected chi connectivity index (χ1v) is 8.80. The highest BCUT2D eigenvalue weighted by Gasteiger charge is 2.13. The predicted molar refractivity (Wildman–Crippen MR) is 99.7 cm³/mol. The molecule has 25 heavy (non-hydrogen) atoms. The van der Waals surface area contributed by atoms with Crippen LogP contribution in [0.1, 0.15) is 51.6 Å². The standard InChI is InChI=1S/C19H27N5O/c1-6-17-18(7-2)22-23-19(21-17)20-16-10-8-15(9-11-16)12-24(13(3)4)14(5)25/h8-11,13H,6-7,12H2,1-5H3,(H,20,21,23). The lowest BCUT2D eigenvalue weighted by Crippen LogP contribution is -2.34. The molecule has 0 saturated heterocycles. The minimum absolute atomic E-state index is 0.0831. The summed E-state index contributed by atoms with van der Waals surface area (Å²) in [6.07, 6.45) is 1.67. The first-order chi connectivity index (χ1) is 11.9. The van der Waals surface area contributed by atoms with E-state index >= 15 is 0 Å². The Morgan fingerprint density at radius 1 is 1.08 bits per heavy atom. The molecule has 0 spiro atoms. The summed E-state index contributed by atoms with van der Waals surface area (Å²) in [4.78, 5) is 18.1. The number of nitrogens with one attached hydrogen (secondary N) is 1. The lowest BCUT2D eigenvalue weighted by molar-refractivity contribution is -0.131. The lowest BCUT2D eigenvalue weighted by atomic mass is 10.1. The van der Waals surface area contributed by atoms with Crippen LogP contribution in [-0.2, 0) is 24.2 Å². The van der Waals surface area contributed by atoms with Crippen molar-refractivity contribution >= 4 is 17.5 Å². The number of nitrogens with zero attached hydrogens (tertiary/aromatic N) is 4. The third-order valence-corrected chi connectivity index (χ3v) is 4.10. The molecule has 2 rings (SSSR count). The first-order valence-electron chi connectivity index (χ1n) is 8.80. The largest absolute Gasteiger partial charge is 0.336 e. The fourth-order valence-corrected chi connectivity index (χ4v) is 2.67. The molecule has 6 nitrogen and oxygen atoms in total. The summed E-state index contributed by atoms with van der Waals surface area (Å²) in [6, 6.07) is 8.14. The molecule has 1 aromatic heterocycles. The fourth-order valence-electron chi connectivity index (χ4n) is 2.67. The third kappa shape index (κ3) is 4.98. The van der Waals surface area contributed by atoms with Crippen LogP contribution in [-0.4, -0.2) is 32.0 Å². The molecular weight excluding hydrogens is 314 g/mol. The van der Waals surface area contributed by atoms with Crippen molar-refractivity contribution in [1.29, 1.82) is 0 Å². The van der Waals surface area contributed by atoms with Crippen LogP contribution >= 0.6 is 0 Å². The van der Waals surface area contributed by atoms with Crippen molar-refractivity contribution in [2.24, 2.45) is 0 Å². The summed E-state index contributed by atoms with van der Waals surface area (Å²) < 4.78 is 0. The average molecular weight is 341 g/mol. The smallest absolute Gasteiger partial charge is 0.247 e. The average Bonchev–Trinajstić information content (AvgIpc) is 2.60. The van der Waals surface area contributed by atoms with Crippen LogP contribution in [0.15, 0.2) is 24.3 Å². The molecule has 1 amide bonds. The van der Waals surface area contributed by atoms with Crippen LogP contribution in [0.4, 0.5) is 11.6 Å². The van der Waals surface area contributed by atoms with Gasteiger partial charge in [-0.15, -0.1) is 10.2 Å². The molecule has 2 aromatic rings. The molecule has 0 bridgehead atoms. The minimum atomic E-state index is 0.0831. The van der Waals surface area contributed by atoms with Gasteiger partial charge in [0, 0.05) is 25.2 Å². The molecule has 0 saturated carbocycles. The Kier molecular flexibility index (Phi) is 6.44. The number of hydrogen-bond acceptors (Lipinski definition) is 5. The maximum atomic E-state index is 11.7. The number of carbonyl (C=O) groups is 1. The van der Waals surface area contributed by atoms with E-state index in [1.54, 1.807) is 6.92 Å². The number of rotatable bonds is 7. The van der Waals surface area contributed by atoms with E-state index in [9.17, 15) is 4.79 Å². The third-order valence-electron chi connectivity index (χ3n) is 4.10. The van der Waals surface area contributed by atoms with Gasteiger partial charge in [0.1, 0.15) is 0 Å². The number of carbonyl (C=O) groups excluding carboxylic acids is 1. The number of benzene rings is 1. The molecule has 1 aromatic carbocycles. The molecule has 0 unspecified atom stereocenters. The number of aromatic nitrogens is 3. The second-order valence-corrected chi connectivity index (χ2v) is 6.30.